The van der Waals surface area contributed by atoms with Crippen molar-refractivity contribution in [2.75, 3.05) is 31.0 Å². The normalized spacial score (nSPS) is 12.3. The molecule has 2 N–H and O–H groups in total. The molecule has 6 nitrogen and oxygen atoms in total. The van der Waals surface area contributed by atoms with Crippen molar-refractivity contribution < 1.29 is 19.1 Å². The molecule has 2 aromatic rings. The quantitative estimate of drug-likeness (QED) is 0.802. The van der Waals surface area contributed by atoms with Gasteiger partial charge < -0.3 is 20.1 Å². The predicted octanol–water partition coefficient (Wildman–Crippen LogP) is 2.78. The molecule has 1 aliphatic carbocycles. The third-order valence-corrected chi connectivity index (χ3v) is 4.17. The maximum atomic E-state index is 12.0. The molecule has 0 bridgehead atoms. The molecule has 3 rings (SSSR count). The van der Waals surface area contributed by atoms with Crippen LogP contribution in [0.2, 0.25) is 0 Å². The van der Waals surface area contributed by atoms with Gasteiger partial charge in [0.25, 0.3) is 5.91 Å². The summed E-state index contributed by atoms with van der Waals surface area (Å²) in [4.78, 5) is 23.5. The second-order valence-corrected chi connectivity index (χ2v) is 6.18. The van der Waals surface area contributed by atoms with Crippen molar-refractivity contribution in [2.24, 2.45) is 0 Å². The fraction of sp³-hybridized carbons (Fsp3) is 0.300. The smallest absolute Gasteiger partial charge is 0.262 e. The Labute approximate surface area is 152 Å². The SMILES string of the molecule is COCC(=O)Nc1ccc(NC(=O)COc2ccc3c(c2)CCC3)cc1. The maximum Gasteiger partial charge on any atom is 0.262 e. The van der Waals surface area contributed by atoms with E-state index in [1.165, 1.54) is 24.7 Å². The number of benzene rings is 2. The molecule has 0 saturated heterocycles. The molecule has 0 saturated carbocycles. The van der Waals surface area contributed by atoms with Crippen LogP contribution in [0.15, 0.2) is 42.5 Å². The molecule has 1 aliphatic rings. The third kappa shape index (κ3) is 4.83. The van der Waals surface area contributed by atoms with E-state index in [4.69, 9.17) is 9.47 Å². The third-order valence-electron chi connectivity index (χ3n) is 4.17. The molecule has 6 heteroatoms. The van der Waals surface area contributed by atoms with Gasteiger partial charge in [-0.15, -0.1) is 0 Å². The molecule has 0 aromatic heterocycles. The average molecular weight is 354 g/mol. The van der Waals surface area contributed by atoms with Crippen LogP contribution < -0.4 is 15.4 Å². The highest BCUT2D eigenvalue weighted by molar-refractivity contribution is 5.93. The number of hydrogen-bond acceptors (Lipinski definition) is 4. The first kappa shape index (κ1) is 17.9. The summed E-state index contributed by atoms with van der Waals surface area (Å²) in [5, 5.41) is 5.46. The minimum absolute atomic E-state index is 0.00147. The van der Waals surface area contributed by atoms with Gasteiger partial charge in [0.1, 0.15) is 12.4 Å². The van der Waals surface area contributed by atoms with Crippen LogP contribution >= 0.6 is 0 Å². The Kier molecular flexibility index (Phi) is 5.86. The van der Waals surface area contributed by atoms with Gasteiger partial charge in [0.15, 0.2) is 6.61 Å². The number of aryl methyl sites for hydroxylation is 2. The Morgan fingerprint density at radius 2 is 1.50 bits per heavy atom. The van der Waals surface area contributed by atoms with Crippen LogP contribution in [0, 0.1) is 0 Å². The van der Waals surface area contributed by atoms with Gasteiger partial charge in [-0.3, -0.25) is 9.59 Å². The number of hydrogen-bond donors (Lipinski definition) is 2. The standard InChI is InChI=1S/C20H22N2O4/c1-25-12-19(23)21-16-6-8-17(9-7-16)22-20(24)13-26-18-10-5-14-3-2-4-15(14)11-18/h5-11H,2-4,12-13H2,1H3,(H,21,23)(H,22,24). The van der Waals surface area contributed by atoms with E-state index in [1.807, 2.05) is 12.1 Å². The first-order valence-corrected chi connectivity index (χ1v) is 8.57. The lowest BCUT2D eigenvalue weighted by molar-refractivity contribution is -0.120. The second kappa shape index (κ2) is 8.49. The van der Waals surface area contributed by atoms with Gasteiger partial charge in [0.2, 0.25) is 5.91 Å². The first-order chi connectivity index (χ1) is 12.6. The highest BCUT2D eigenvalue weighted by Gasteiger charge is 2.12. The van der Waals surface area contributed by atoms with Gasteiger partial charge in [0, 0.05) is 18.5 Å². The number of carbonyl (C=O) groups excluding carboxylic acids is 2. The number of methoxy groups -OCH3 is 1. The van der Waals surface area contributed by atoms with Gasteiger partial charge in [0.05, 0.1) is 0 Å². The van der Waals surface area contributed by atoms with Crippen molar-refractivity contribution in [2.45, 2.75) is 19.3 Å². The van der Waals surface area contributed by atoms with Gasteiger partial charge in [-0.05, 0) is 66.8 Å². The number of ether oxygens (including phenoxy) is 2. The molecular weight excluding hydrogens is 332 g/mol. The zero-order valence-corrected chi connectivity index (χ0v) is 14.7. The highest BCUT2D eigenvalue weighted by Crippen LogP contribution is 2.26. The van der Waals surface area contributed by atoms with E-state index in [1.54, 1.807) is 24.3 Å². The molecular formula is C20H22N2O4. The summed E-state index contributed by atoms with van der Waals surface area (Å²) in [5.74, 6) is 0.255. The maximum absolute atomic E-state index is 12.0. The van der Waals surface area contributed by atoms with E-state index in [-0.39, 0.29) is 25.0 Å². The van der Waals surface area contributed by atoms with Crippen LogP contribution in [-0.2, 0) is 27.2 Å². The van der Waals surface area contributed by atoms with E-state index in [0.717, 1.165) is 18.6 Å². The molecule has 0 fully saturated rings. The van der Waals surface area contributed by atoms with E-state index < -0.39 is 0 Å². The van der Waals surface area contributed by atoms with Gasteiger partial charge >= 0.3 is 0 Å². The molecule has 136 valence electrons. The zero-order chi connectivity index (χ0) is 18.4. The predicted molar refractivity (Wildman–Crippen MR) is 99.5 cm³/mol. The Hall–Kier alpha value is -2.86. The molecule has 0 atom stereocenters. The zero-order valence-electron chi connectivity index (χ0n) is 14.7. The van der Waals surface area contributed by atoms with Crippen LogP contribution in [0.3, 0.4) is 0 Å². The molecule has 0 radical (unpaired) electrons. The van der Waals surface area contributed by atoms with E-state index in [9.17, 15) is 9.59 Å². The number of amides is 2. The number of fused-ring (bicyclic) bond motifs is 1. The summed E-state index contributed by atoms with van der Waals surface area (Å²) >= 11 is 0. The molecule has 2 aromatic carbocycles. The lowest BCUT2D eigenvalue weighted by Crippen LogP contribution is -2.20. The number of rotatable bonds is 7. The van der Waals surface area contributed by atoms with Crippen molar-refractivity contribution >= 4 is 23.2 Å². The van der Waals surface area contributed by atoms with Crippen LogP contribution in [-0.4, -0.2) is 32.1 Å². The Balaban J connectivity index is 1.48. The summed E-state index contributed by atoms with van der Waals surface area (Å²) in [6.07, 6.45) is 3.38. The van der Waals surface area contributed by atoms with Crippen molar-refractivity contribution in [1.29, 1.82) is 0 Å². The van der Waals surface area contributed by atoms with Crippen molar-refractivity contribution in [1.82, 2.24) is 0 Å². The minimum Gasteiger partial charge on any atom is -0.484 e. The Morgan fingerprint density at radius 1 is 0.885 bits per heavy atom. The van der Waals surface area contributed by atoms with Crippen LogP contribution in [0.1, 0.15) is 17.5 Å². The van der Waals surface area contributed by atoms with Crippen LogP contribution in [0.4, 0.5) is 11.4 Å². The van der Waals surface area contributed by atoms with E-state index in [0.29, 0.717) is 11.4 Å². The summed E-state index contributed by atoms with van der Waals surface area (Å²) in [7, 11) is 1.46. The van der Waals surface area contributed by atoms with Gasteiger partial charge in [-0.1, -0.05) is 6.07 Å². The topological polar surface area (TPSA) is 76.7 Å². The number of nitrogens with one attached hydrogen (secondary N) is 2. The van der Waals surface area contributed by atoms with Crippen molar-refractivity contribution in [3.8, 4) is 5.75 Å². The van der Waals surface area contributed by atoms with Crippen molar-refractivity contribution in [3.05, 3.63) is 53.6 Å². The van der Waals surface area contributed by atoms with Crippen LogP contribution in [0.25, 0.3) is 0 Å². The number of anilines is 2. The van der Waals surface area contributed by atoms with Crippen molar-refractivity contribution in [3.63, 3.8) is 0 Å². The Bertz CT molecular complexity index is 787. The van der Waals surface area contributed by atoms with Gasteiger partial charge in [-0.2, -0.15) is 0 Å². The van der Waals surface area contributed by atoms with E-state index >= 15 is 0 Å². The molecule has 26 heavy (non-hydrogen) atoms. The average Bonchev–Trinajstić information content (AvgIpc) is 3.09. The monoisotopic (exact) mass is 354 g/mol. The largest absolute Gasteiger partial charge is 0.484 e. The molecule has 0 spiro atoms. The lowest BCUT2D eigenvalue weighted by atomic mass is 10.1. The molecule has 0 aliphatic heterocycles. The second-order valence-electron chi connectivity index (χ2n) is 6.18. The minimum atomic E-state index is -0.235. The summed E-state index contributed by atoms with van der Waals surface area (Å²) in [6.45, 7) is -0.0520. The summed E-state index contributed by atoms with van der Waals surface area (Å²) in [6, 6.07) is 12.9. The lowest BCUT2D eigenvalue weighted by Gasteiger charge is -2.10. The fourth-order valence-corrected chi connectivity index (χ4v) is 2.95. The Morgan fingerprint density at radius 3 is 2.15 bits per heavy atom. The highest BCUT2D eigenvalue weighted by atomic mass is 16.5. The fourth-order valence-electron chi connectivity index (χ4n) is 2.95. The van der Waals surface area contributed by atoms with Gasteiger partial charge in [-0.25, -0.2) is 0 Å². The molecule has 0 unspecified atom stereocenters. The molecule has 2 amide bonds. The first-order valence-electron chi connectivity index (χ1n) is 8.57. The molecule has 0 heterocycles. The summed E-state index contributed by atoms with van der Waals surface area (Å²) < 4.78 is 10.3. The van der Waals surface area contributed by atoms with Crippen LogP contribution in [0.5, 0.6) is 5.75 Å². The van der Waals surface area contributed by atoms with E-state index in [2.05, 4.69) is 16.7 Å². The number of carbonyl (C=O) groups is 2. The summed E-state index contributed by atoms with van der Waals surface area (Å²) in [5.41, 5.74) is 3.96.